The minimum absolute atomic E-state index is 0.0329. The summed E-state index contributed by atoms with van der Waals surface area (Å²) in [5, 5.41) is 4.42. The van der Waals surface area contributed by atoms with E-state index in [4.69, 9.17) is 29.2 Å². The zero-order valence-corrected chi connectivity index (χ0v) is 32.7. The van der Waals surface area contributed by atoms with Crippen molar-refractivity contribution in [3.63, 3.8) is 0 Å². The molecule has 0 bridgehead atoms. The number of aliphatic imine (C=N–C) groups is 1. The van der Waals surface area contributed by atoms with Gasteiger partial charge < -0.3 is 34.6 Å². The summed E-state index contributed by atoms with van der Waals surface area (Å²) in [6, 6.07) is 30.7. The Hall–Kier alpha value is -7.00. The van der Waals surface area contributed by atoms with Gasteiger partial charge in [0, 0.05) is 43.1 Å². The first-order valence-electron chi connectivity index (χ1n) is 19.1. The highest BCUT2D eigenvalue weighted by Gasteiger charge is 2.34. The van der Waals surface area contributed by atoms with Crippen molar-refractivity contribution in [1.82, 2.24) is 9.96 Å². The van der Waals surface area contributed by atoms with Crippen molar-refractivity contribution in [2.75, 3.05) is 25.0 Å². The van der Waals surface area contributed by atoms with Gasteiger partial charge in [-0.3, -0.25) is 14.4 Å². The number of likely N-dealkylation sites (tertiary alicyclic amines) is 1. The number of nitrogens with zero attached hydrogens (tertiary/aromatic N) is 3. The van der Waals surface area contributed by atoms with Crippen LogP contribution in [0.3, 0.4) is 0 Å². The third-order valence-corrected chi connectivity index (χ3v) is 9.41. The number of hydroxylamine groups is 2. The van der Waals surface area contributed by atoms with Crippen molar-refractivity contribution in [3.8, 4) is 0 Å². The average Bonchev–Trinajstić information content (AvgIpc) is 3.69. The molecule has 6 rings (SSSR count). The van der Waals surface area contributed by atoms with Gasteiger partial charge >= 0.3 is 18.2 Å². The predicted octanol–water partition coefficient (Wildman–Crippen LogP) is 6.78. The van der Waals surface area contributed by atoms with Crippen LogP contribution in [-0.2, 0) is 48.3 Å². The molecule has 306 valence electrons. The first-order chi connectivity index (χ1) is 28.6. The molecule has 1 saturated heterocycles. The van der Waals surface area contributed by atoms with Crippen molar-refractivity contribution in [2.45, 2.75) is 58.5 Å². The molecule has 0 saturated carbocycles. The molecule has 5 aromatic rings. The molecule has 4 amide bonds. The van der Waals surface area contributed by atoms with E-state index in [1.807, 2.05) is 60.7 Å². The van der Waals surface area contributed by atoms with Crippen molar-refractivity contribution in [3.05, 3.63) is 137 Å². The van der Waals surface area contributed by atoms with E-state index in [1.165, 1.54) is 6.92 Å². The Balaban J connectivity index is 1.04. The van der Waals surface area contributed by atoms with Gasteiger partial charge in [-0.2, -0.15) is 4.99 Å². The monoisotopic (exact) mass is 803 g/mol. The number of amides is 4. The summed E-state index contributed by atoms with van der Waals surface area (Å²) in [5.74, 6) is -1.65. The number of hydrogen-bond donors (Lipinski definition) is 2. The second-order valence-electron chi connectivity index (χ2n) is 13.7. The Morgan fingerprint density at radius 2 is 1.47 bits per heavy atom. The fraction of sp³-hybridized carbons (Fsp3) is 0.273. The first kappa shape index (κ1) is 41.6. The molecule has 0 spiro atoms. The van der Waals surface area contributed by atoms with Gasteiger partial charge in [-0.05, 0) is 72.9 Å². The SMILES string of the molecule is CCOC(=O)[C@H](Cc1ccc(NC(=O)c2cc3cc(C(N)=NC(=O)OCc4ccccc4)ccc3o2)cc1)N(OC1CCN(C(=O)OCc2ccccc2)CC1)C(C)=O. The number of nitrogens with one attached hydrogen (secondary N) is 1. The Kier molecular flexibility index (Phi) is 14.1. The first-order valence-corrected chi connectivity index (χ1v) is 19.1. The molecule has 0 aliphatic carbocycles. The third-order valence-electron chi connectivity index (χ3n) is 9.41. The van der Waals surface area contributed by atoms with Crippen LogP contribution in [0.5, 0.6) is 0 Å². The number of nitrogens with two attached hydrogens (primary N) is 1. The number of carbonyl (C=O) groups is 5. The highest BCUT2D eigenvalue weighted by molar-refractivity contribution is 6.07. The van der Waals surface area contributed by atoms with Crippen LogP contribution in [0.4, 0.5) is 15.3 Å². The minimum Gasteiger partial charge on any atom is -0.464 e. The normalized spacial score (nSPS) is 13.7. The molecule has 2 heterocycles. The van der Waals surface area contributed by atoms with Crippen LogP contribution in [0.1, 0.15) is 59.5 Å². The number of hydrogen-bond acceptors (Lipinski definition) is 10. The number of piperidine rings is 1. The number of fused-ring (bicyclic) bond motifs is 1. The van der Waals surface area contributed by atoms with Gasteiger partial charge in [-0.25, -0.2) is 19.4 Å². The van der Waals surface area contributed by atoms with Crippen molar-refractivity contribution >= 4 is 52.5 Å². The molecule has 3 N–H and O–H groups in total. The zero-order chi connectivity index (χ0) is 41.7. The van der Waals surface area contributed by atoms with Gasteiger partial charge in [0.15, 0.2) is 11.8 Å². The molecule has 59 heavy (non-hydrogen) atoms. The van der Waals surface area contributed by atoms with Crippen LogP contribution < -0.4 is 11.1 Å². The maximum Gasteiger partial charge on any atom is 0.435 e. The molecular weight excluding hydrogens is 759 g/mol. The lowest BCUT2D eigenvalue weighted by Crippen LogP contribution is -2.50. The Morgan fingerprint density at radius 3 is 2.10 bits per heavy atom. The number of ether oxygens (including phenoxy) is 3. The van der Waals surface area contributed by atoms with E-state index in [1.54, 1.807) is 60.4 Å². The minimum atomic E-state index is -1.10. The van der Waals surface area contributed by atoms with Crippen LogP contribution in [0.15, 0.2) is 119 Å². The number of rotatable bonds is 14. The van der Waals surface area contributed by atoms with Gasteiger partial charge in [0.25, 0.3) is 5.91 Å². The molecule has 0 unspecified atom stereocenters. The Bertz CT molecular complexity index is 2270. The summed E-state index contributed by atoms with van der Waals surface area (Å²) in [6.45, 7) is 4.02. The second-order valence-corrected chi connectivity index (χ2v) is 13.7. The van der Waals surface area contributed by atoms with E-state index < -0.39 is 42.1 Å². The molecule has 1 aliphatic rings. The van der Waals surface area contributed by atoms with Crippen molar-refractivity contribution in [2.24, 2.45) is 10.7 Å². The number of anilines is 1. The van der Waals surface area contributed by atoms with Crippen LogP contribution in [0.25, 0.3) is 11.0 Å². The molecular formula is C44H45N5O10. The Labute approximate surface area is 340 Å². The van der Waals surface area contributed by atoms with Gasteiger partial charge in [0.1, 0.15) is 24.6 Å². The van der Waals surface area contributed by atoms with Gasteiger partial charge in [0.2, 0.25) is 5.91 Å². The van der Waals surface area contributed by atoms with Gasteiger partial charge in [-0.1, -0.05) is 72.8 Å². The summed E-state index contributed by atoms with van der Waals surface area (Å²) in [7, 11) is 0. The van der Waals surface area contributed by atoms with Gasteiger partial charge in [-0.15, -0.1) is 0 Å². The fourth-order valence-electron chi connectivity index (χ4n) is 6.35. The van der Waals surface area contributed by atoms with Crippen LogP contribution in [-0.4, -0.2) is 77.6 Å². The molecule has 1 aliphatic heterocycles. The largest absolute Gasteiger partial charge is 0.464 e. The lowest BCUT2D eigenvalue weighted by molar-refractivity contribution is -0.229. The fourth-order valence-corrected chi connectivity index (χ4v) is 6.35. The number of esters is 1. The maximum absolute atomic E-state index is 13.2. The molecule has 15 nitrogen and oxygen atoms in total. The smallest absolute Gasteiger partial charge is 0.435 e. The summed E-state index contributed by atoms with van der Waals surface area (Å²) in [6.07, 6.45) is -0.779. The van der Waals surface area contributed by atoms with E-state index in [2.05, 4.69) is 10.3 Å². The highest BCUT2D eigenvalue weighted by atomic mass is 16.7. The van der Waals surface area contributed by atoms with Crippen LogP contribution in [0.2, 0.25) is 0 Å². The average molecular weight is 804 g/mol. The van der Waals surface area contributed by atoms with Crippen molar-refractivity contribution < 1.29 is 47.4 Å². The van der Waals surface area contributed by atoms with Crippen molar-refractivity contribution in [1.29, 1.82) is 0 Å². The second kappa shape index (κ2) is 19.9. The van der Waals surface area contributed by atoms with E-state index in [-0.39, 0.29) is 37.8 Å². The van der Waals surface area contributed by atoms with Crippen LogP contribution >= 0.6 is 0 Å². The third kappa shape index (κ3) is 11.5. The standard InChI is InChI=1S/C44H45N5O10/c1-3-55-42(52)37(49(29(2)50)59-36-20-22-48(23-21-36)44(54)57-28-32-12-8-5-9-13-32)24-30-14-17-35(18-15-30)46-41(51)39-26-34-25-33(16-19-38(34)58-39)40(45)47-43(53)56-27-31-10-6-4-7-11-31/h4-19,25-26,36-37H,3,20-24,27-28H2,1-2H3,(H,46,51)(H2,45,47,53)/t37-/m0/s1. The predicted molar refractivity (Wildman–Crippen MR) is 217 cm³/mol. The molecule has 0 radical (unpaired) electrons. The number of benzene rings is 4. The topological polar surface area (TPSA) is 192 Å². The summed E-state index contributed by atoms with van der Waals surface area (Å²) < 4.78 is 21.8. The number of amidine groups is 1. The zero-order valence-electron chi connectivity index (χ0n) is 32.7. The van der Waals surface area contributed by atoms with Crippen LogP contribution in [0, 0.1) is 0 Å². The quantitative estimate of drug-likeness (QED) is 0.0395. The van der Waals surface area contributed by atoms with E-state index >= 15 is 0 Å². The molecule has 15 heteroatoms. The molecule has 4 aromatic carbocycles. The van der Waals surface area contributed by atoms with E-state index in [0.29, 0.717) is 53.7 Å². The summed E-state index contributed by atoms with van der Waals surface area (Å²) in [4.78, 5) is 75.8. The molecule has 1 fully saturated rings. The van der Waals surface area contributed by atoms with Gasteiger partial charge in [0.05, 0.1) is 12.7 Å². The summed E-state index contributed by atoms with van der Waals surface area (Å²) >= 11 is 0. The summed E-state index contributed by atoms with van der Waals surface area (Å²) in [5.41, 5.74) is 9.76. The Morgan fingerprint density at radius 1 is 0.831 bits per heavy atom. The number of furan rings is 1. The lowest BCUT2D eigenvalue weighted by Gasteiger charge is -2.36. The van der Waals surface area contributed by atoms with E-state index in [9.17, 15) is 24.0 Å². The molecule has 1 aromatic heterocycles. The van der Waals surface area contributed by atoms with E-state index in [0.717, 1.165) is 16.2 Å². The highest BCUT2D eigenvalue weighted by Crippen LogP contribution is 2.24. The maximum atomic E-state index is 13.2. The number of carbonyl (C=O) groups excluding carboxylic acids is 5. The lowest BCUT2D eigenvalue weighted by atomic mass is 10.0. The molecule has 1 atom stereocenters.